The van der Waals surface area contributed by atoms with Gasteiger partial charge in [0.15, 0.2) is 8.32 Å². The molecule has 0 spiro atoms. The van der Waals surface area contributed by atoms with Gasteiger partial charge in [0.1, 0.15) is 0 Å². The fourth-order valence-corrected chi connectivity index (χ4v) is 4.58. The van der Waals surface area contributed by atoms with Crippen molar-refractivity contribution in [2.24, 2.45) is 11.8 Å². The quantitative estimate of drug-likeness (QED) is 0.679. The largest absolute Gasteiger partial charge is 0.416 e. The van der Waals surface area contributed by atoms with Crippen LogP contribution in [0.3, 0.4) is 0 Å². The summed E-state index contributed by atoms with van der Waals surface area (Å²) in [5.74, 6) is 1.61. The van der Waals surface area contributed by atoms with Crippen molar-refractivity contribution in [2.45, 2.75) is 70.5 Å². The molecule has 0 radical (unpaired) electrons. The Balaban J connectivity index is 1.87. The average molecular weight is 349 g/mol. The van der Waals surface area contributed by atoms with Crippen LogP contribution in [0, 0.1) is 11.8 Å². The Hall–Kier alpha value is -0.643. The van der Waals surface area contributed by atoms with E-state index in [0.29, 0.717) is 17.8 Å². The monoisotopic (exact) mass is 348 g/mol. The Kier molecular flexibility index (Phi) is 6.69. The molecule has 1 unspecified atom stereocenters. The molecule has 0 aromatic heterocycles. The molecule has 0 amide bonds. The van der Waals surface area contributed by atoms with Crippen molar-refractivity contribution in [2.75, 3.05) is 13.2 Å². The maximum atomic E-state index is 9.90. The molecule has 1 fully saturated rings. The number of benzene rings is 1. The molecule has 1 aliphatic carbocycles. The maximum Gasteiger partial charge on any atom is 0.191 e. The average Bonchev–Trinajstić information content (AvgIpc) is 2.56. The van der Waals surface area contributed by atoms with Crippen LogP contribution in [-0.4, -0.2) is 26.6 Å². The van der Waals surface area contributed by atoms with E-state index in [4.69, 9.17) is 4.43 Å². The minimum absolute atomic E-state index is 0.234. The zero-order valence-electron chi connectivity index (χ0n) is 16.2. The molecule has 2 nitrogen and oxygen atoms in total. The van der Waals surface area contributed by atoms with Gasteiger partial charge in [0.2, 0.25) is 0 Å². The molecule has 0 heterocycles. The van der Waals surface area contributed by atoms with Crippen LogP contribution < -0.4 is 0 Å². The van der Waals surface area contributed by atoms with Gasteiger partial charge in [-0.05, 0) is 61.2 Å². The summed E-state index contributed by atoms with van der Waals surface area (Å²) in [6.45, 7) is 12.4. The van der Waals surface area contributed by atoms with Gasteiger partial charge in [-0.1, -0.05) is 51.1 Å². The van der Waals surface area contributed by atoms with Crippen LogP contribution in [0.2, 0.25) is 18.1 Å². The second-order valence-electron chi connectivity index (χ2n) is 9.04. The van der Waals surface area contributed by atoms with Crippen molar-refractivity contribution < 1.29 is 9.53 Å². The third-order valence-corrected chi connectivity index (χ3v) is 10.9. The van der Waals surface area contributed by atoms with Crippen LogP contribution in [0.25, 0.3) is 0 Å². The molecule has 0 aliphatic heterocycles. The van der Waals surface area contributed by atoms with Gasteiger partial charge in [-0.25, -0.2) is 0 Å². The Bertz CT molecular complexity index is 484. The number of aliphatic hydroxyl groups excluding tert-OH is 1. The predicted molar refractivity (Wildman–Crippen MR) is 105 cm³/mol. The SMILES string of the molecule is CC(C)(C)[Si](C)(C)OCC(CO)C1CCC(c2ccccc2)CC1. The minimum Gasteiger partial charge on any atom is -0.416 e. The summed E-state index contributed by atoms with van der Waals surface area (Å²) in [5, 5.41) is 10.1. The number of hydrogen-bond donors (Lipinski definition) is 1. The molecule has 2 rings (SSSR count). The number of hydrogen-bond acceptors (Lipinski definition) is 2. The first-order chi connectivity index (χ1) is 11.2. The van der Waals surface area contributed by atoms with E-state index >= 15 is 0 Å². The third kappa shape index (κ3) is 4.93. The van der Waals surface area contributed by atoms with E-state index in [1.807, 2.05) is 0 Å². The van der Waals surface area contributed by atoms with Crippen LogP contribution in [0.5, 0.6) is 0 Å². The summed E-state index contributed by atoms with van der Waals surface area (Å²) in [6, 6.07) is 10.9. The van der Waals surface area contributed by atoms with Gasteiger partial charge < -0.3 is 9.53 Å². The van der Waals surface area contributed by atoms with E-state index in [2.05, 4.69) is 64.2 Å². The Morgan fingerprint density at radius 2 is 1.67 bits per heavy atom. The van der Waals surface area contributed by atoms with E-state index in [1.165, 1.54) is 31.2 Å². The summed E-state index contributed by atoms with van der Waals surface area (Å²) >= 11 is 0. The second-order valence-corrected chi connectivity index (χ2v) is 13.8. The van der Waals surface area contributed by atoms with Gasteiger partial charge in [-0.15, -0.1) is 0 Å². The van der Waals surface area contributed by atoms with Crippen molar-refractivity contribution >= 4 is 8.32 Å². The number of aliphatic hydroxyl groups is 1. The lowest BCUT2D eigenvalue weighted by atomic mass is 9.74. The highest BCUT2D eigenvalue weighted by Crippen LogP contribution is 2.40. The molecule has 136 valence electrons. The molecule has 0 bridgehead atoms. The van der Waals surface area contributed by atoms with Gasteiger partial charge in [0, 0.05) is 19.1 Å². The van der Waals surface area contributed by atoms with Crippen molar-refractivity contribution in [1.82, 2.24) is 0 Å². The fraction of sp³-hybridized carbons (Fsp3) is 0.714. The van der Waals surface area contributed by atoms with Crippen molar-refractivity contribution in [1.29, 1.82) is 0 Å². The highest BCUT2D eigenvalue weighted by atomic mass is 28.4. The van der Waals surface area contributed by atoms with E-state index in [1.54, 1.807) is 0 Å². The van der Waals surface area contributed by atoms with Crippen LogP contribution in [0.15, 0.2) is 30.3 Å². The molecule has 1 atom stereocenters. The third-order valence-electron chi connectivity index (χ3n) is 6.41. The van der Waals surface area contributed by atoms with E-state index in [-0.39, 0.29) is 11.6 Å². The lowest BCUT2D eigenvalue weighted by molar-refractivity contribution is 0.0892. The summed E-state index contributed by atoms with van der Waals surface area (Å²) in [4.78, 5) is 0. The molecule has 0 saturated heterocycles. The van der Waals surface area contributed by atoms with Gasteiger partial charge in [0.25, 0.3) is 0 Å². The topological polar surface area (TPSA) is 29.5 Å². The van der Waals surface area contributed by atoms with E-state index in [9.17, 15) is 5.11 Å². The standard InChI is InChI=1S/C21H36O2Si/c1-21(2,3)24(4,5)23-16-20(15-22)19-13-11-18(12-14-19)17-9-7-6-8-10-17/h6-10,18-20,22H,11-16H2,1-5H3. The summed E-state index contributed by atoms with van der Waals surface area (Å²) in [7, 11) is -1.72. The first-order valence-corrected chi connectivity index (χ1v) is 12.4. The van der Waals surface area contributed by atoms with Gasteiger partial charge >= 0.3 is 0 Å². The molecule has 1 saturated carbocycles. The van der Waals surface area contributed by atoms with Crippen molar-refractivity contribution in [3.8, 4) is 0 Å². The molecular weight excluding hydrogens is 312 g/mol. The van der Waals surface area contributed by atoms with Crippen LogP contribution >= 0.6 is 0 Å². The van der Waals surface area contributed by atoms with Gasteiger partial charge in [-0.2, -0.15) is 0 Å². The Morgan fingerprint density at radius 1 is 1.08 bits per heavy atom. The van der Waals surface area contributed by atoms with E-state index in [0.717, 1.165) is 6.61 Å². The molecule has 24 heavy (non-hydrogen) atoms. The molecule has 1 aliphatic rings. The molecule has 1 aromatic carbocycles. The second kappa shape index (κ2) is 8.16. The fourth-order valence-electron chi connectivity index (χ4n) is 3.52. The predicted octanol–water partition coefficient (Wildman–Crippen LogP) is 5.59. The lowest BCUT2D eigenvalue weighted by Crippen LogP contribution is -2.43. The summed E-state index contributed by atoms with van der Waals surface area (Å²) in [5.41, 5.74) is 1.48. The smallest absolute Gasteiger partial charge is 0.191 e. The minimum atomic E-state index is -1.72. The maximum absolute atomic E-state index is 9.90. The van der Waals surface area contributed by atoms with Crippen LogP contribution in [0.4, 0.5) is 0 Å². The van der Waals surface area contributed by atoms with Crippen LogP contribution in [0.1, 0.15) is 57.9 Å². The summed E-state index contributed by atoms with van der Waals surface area (Å²) < 4.78 is 6.39. The Morgan fingerprint density at radius 3 is 2.17 bits per heavy atom. The Labute approximate surface area is 149 Å². The molecular formula is C21H36O2Si. The van der Waals surface area contributed by atoms with Crippen molar-refractivity contribution in [3.63, 3.8) is 0 Å². The molecule has 1 N–H and O–H groups in total. The number of rotatable bonds is 6. The highest BCUT2D eigenvalue weighted by molar-refractivity contribution is 6.74. The van der Waals surface area contributed by atoms with Gasteiger partial charge in [-0.3, -0.25) is 0 Å². The molecule has 1 aromatic rings. The van der Waals surface area contributed by atoms with Crippen LogP contribution in [-0.2, 0) is 4.43 Å². The van der Waals surface area contributed by atoms with E-state index < -0.39 is 8.32 Å². The zero-order chi connectivity index (χ0) is 17.8. The molecule has 3 heteroatoms. The highest BCUT2D eigenvalue weighted by Gasteiger charge is 2.38. The summed E-state index contributed by atoms with van der Waals surface area (Å²) in [6.07, 6.45) is 4.91. The first kappa shape index (κ1) is 19.7. The van der Waals surface area contributed by atoms with Crippen molar-refractivity contribution in [3.05, 3.63) is 35.9 Å². The van der Waals surface area contributed by atoms with Gasteiger partial charge in [0.05, 0.1) is 0 Å². The first-order valence-electron chi connectivity index (χ1n) is 9.54. The lowest BCUT2D eigenvalue weighted by Gasteiger charge is -2.39. The normalized spacial score (nSPS) is 23.9. The zero-order valence-corrected chi connectivity index (χ0v) is 17.2.